The van der Waals surface area contributed by atoms with Crippen molar-refractivity contribution in [2.24, 2.45) is 0 Å². The molecule has 1 aromatic carbocycles. The monoisotopic (exact) mass is 378 g/mol. The number of rotatable bonds is 2. The highest BCUT2D eigenvalue weighted by Gasteiger charge is 2.22. The Bertz CT molecular complexity index is 794. The van der Waals surface area contributed by atoms with Crippen LogP contribution in [0, 0.1) is 17.1 Å². The maximum Gasteiger partial charge on any atom is 0.257 e. The Balaban J connectivity index is 1.91. The highest BCUT2D eigenvalue weighted by atomic mass is 79.9. The molecule has 0 radical (unpaired) electrons. The first-order chi connectivity index (χ1) is 10.6. The molecule has 0 saturated heterocycles. The molecular weight excluding hydrogens is 367 g/mol. The van der Waals surface area contributed by atoms with Crippen molar-refractivity contribution in [1.82, 2.24) is 0 Å². The molecule has 22 heavy (non-hydrogen) atoms. The normalized spacial score (nSPS) is 13.3. The van der Waals surface area contributed by atoms with E-state index >= 15 is 0 Å². The van der Waals surface area contributed by atoms with Gasteiger partial charge in [0.05, 0.1) is 11.1 Å². The zero-order valence-electron chi connectivity index (χ0n) is 11.6. The summed E-state index contributed by atoms with van der Waals surface area (Å²) in [5, 5.41) is 12.8. The first-order valence-electron chi connectivity index (χ1n) is 6.91. The lowest BCUT2D eigenvalue weighted by atomic mass is 9.96. The van der Waals surface area contributed by atoms with Crippen LogP contribution < -0.4 is 5.32 Å². The van der Waals surface area contributed by atoms with Gasteiger partial charge in [-0.15, -0.1) is 11.3 Å². The quantitative estimate of drug-likeness (QED) is 0.826. The Kier molecular flexibility index (Phi) is 4.27. The topological polar surface area (TPSA) is 52.9 Å². The number of amides is 1. The molecule has 0 bridgehead atoms. The molecule has 0 atom stereocenters. The number of fused-ring (bicyclic) bond motifs is 1. The maximum absolute atomic E-state index is 13.1. The molecular formula is C16H12BrFN2OS. The number of carbonyl (C=O) groups is 1. The number of nitrogens with one attached hydrogen (secondary N) is 1. The highest BCUT2D eigenvalue weighted by Crippen LogP contribution is 2.38. The minimum atomic E-state index is -0.410. The molecule has 1 N–H and O–H groups in total. The molecule has 112 valence electrons. The number of nitrogens with zero attached hydrogens (tertiary/aromatic N) is 1. The van der Waals surface area contributed by atoms with Crippen LogP contribution in [-0.2, 0) is 12.8 Å². The van der Waals surface area contributed by atoms with E-state index in [0.717, 1.165) is 31.2 Å². The zero-order valence-corrected chi connectivity index (χ0v) is 14.0. The Morgan fingerprint density at radius 2 is 2.14 bits per heavy atom. The summed E-state index contributed by atoms with van der Waals surface area (Å²) < 4.78 is 13.5. The van der Waals surface area contributed by atoms with Gasteiger partial charge in [-0.25, -0.2) is 4.39 Å². The third-order valence-corrected chi connectivity index (χ3v) is 5.55. The summed E-state index contributed by atoms with van der Waals surface area (Å²) in [5.41, 5.74) is 2.00. The van der Waals surface area contributed by atoms with E-state index in [1.807, 2.05) is 0 Å². The summed E-state index contributed by atoms with van der Waals surface area (Å²) in [6.07, 6.45) is 4.06. The summed E-state index contributed by atoms with van der Waals surface area (Å²) in [5.74, 6) is -0.755. The molecule has 0 aliphatic heterocycles. The van der Waals surface area contributed by atoms with Gasteiger partial charge in [-0.1, -0.05) is 0 Å². The number of nitriles is 1. The van der Waals surface area contributed by atoms with Crippen molar-refractivity contribution in [3.05, 3.63) is 50.1 Å². The summed E-state index contributed by atoms with van der Waals surface area (Å²) in [6, 6.07) is 6.12. The van der Waals surface area contributed by atoms with Crippen LogP contribution in [0.1, 0.15) is 39.2 Å². The Labute approximate surface area is 139 Å². The van der Waals surface area contributed by atoms with Crippen LogP contribution in [0.5, 0.6) is 0 Å². The van der Waals surface area contributed by atoms with E-state index in [4.69, 9.17) is 0 Å². The second-order valence-electron chi connectivity index (χ2n) is 5.11. The van der Waals surface area contributed by atoms with E-state index in [2.05, 4.69) is 27.3 Å². The van der Waals surface area contributed by atoms with E-state index < -0.39 is 5.82 Å². The second-order valence-corrected chi connectivity index (χ2v) is 7.06. The number of benzene rings is 1. The van der Waals surface area contributed by atoms with Crippen molar-refractivity contribution in [2.45, 2.75) is 25.7 Å². The molecule has 0 fully saturated rings. The molecule has 0 saturated carbocycles. The Morgan fingerprint density at radius 1 is 1.36 bits per heavy atom. The van der Waals surface area contributed by atoms with E-state index in [9.17, 15) is 14.4 Å². The van der Waals surface area contributed by atoms with E-state index in [1.54, 1.807) is 0 Å². The van der Waals surface area contributed by atoms with Crippen LogP contribution in [0.4, 0.5) is 9.39 Å². The van der Waals surface area contributed by atoms with Gasteiger partial charge in [-0.05, 0) is 65.4 Å². The van der Waals surface area contributed by atoms with E-state index in [-0.39, 0.29) is 5.91 Å². The summed E-state index contributed by atoms with van der Waals surface area (Å²) in [7, 11) is 0. The van der Waals surface area contributed by atoms with E-state index in [1.165, 1.54) is 34.4 Å². The van der Waals surface area contributed by atoms with Crippen LogP contribution in [-0.4, -0.2) is 5.91 Å². The van der Waals surface area contributed by atoms with Crippen molar-refractivity contribution in [3.8, 4) is 6.07 Å². The largest absolute Gasteiger partial charge is 0.312 e. The molecule has 1 heterocycles. The maximum atomic E-state index is 13.1. The second kappa shape index (κ2) is 6.19. The summed E-state index contributed by atoms with van der Waals surface area (Å²) in [6.45, 7) is 0. The predicted octanol–water partition coefficient (Wildman–Crippen LogP) is 4.65. The standard InChI is InChI=1S/C16H12BrFN2OS/c17-13-7-9(18)5-6-11(13)15(21)20-16-12(8-19)10-3-1-2-4-14(10)22-16/h5-7H,1-4H2,(H,20,21). The number of halogens is 2. The van der Waals surface area contributed by atoms with Crippen LogP contribution in [0.15, 0.2) is 22.7 Å². The van der Waals surface area contributed by atoms with Gasteiger partial charge in [0.2, 0.25) is 0 Å². The molecule has 1 aromatic heterocycles. The number of anilines is 1. The number of hydrogen-bond acceptors (Lipinski definition) is 3. The van der Waals surface area contributed by atoms with Crippen LogP contribution in [0.25, 0.3) is 0 Å². The molecule has 3 rings (SSSR count). The summed E-state index contributed by atoms with van der Waals surface area (Å²) >= 11 is 4.67. The lowest BCUT2D eigenvalue weighted by molar-refractivity contribution is 0.102. The van der Waals surface area contributed by atoms with E-state index in [0.29, 0.717) is 20.6 Å². The molecule has 1 aliphatic rings. The van der Waals surface area contributed by atoms with Crippen molar-refractivity contribution in [2.75, 3.05) is 5.32 Å². The van der Waals surface area contributed by atoms with Gasteiger partial charge in [0.25, 0.3) is 5.91 Å². The van der Waals surface area contributed by atoms with Gasteiger partial charge in [0, 0.05) is 9.35 Å². The van der Waals surface area contributed by atoms with Gasteiger partial charge in [0.15, 0.2) is 0 Å². The summed E-state index contributed by atoms with van der Waals surface area (Å²) in [4.78, 5) is 13.6. The Hall–Kier alpha value is -1.71. The number of hydrogen-bond donors (Lipinski definition) is 1. The lowest BCUT2D eigenvalue weighted by Crippen LogP contribution is -2.12. The smallest absolute Gasteiger partial charge is 0.257 e. The van der Waals surface area contributed by atoms with Gasteiger partial charge in [0.1, 0.15) is 16.9 Å². The van der Waals surface area contributed by atoms with Gasteiger partial charge in [-0.3, -0.25) is 4.79 Å². The third kappa shape index (κ3) is 2.79. The molecule has 0 unspecified atom stereocenters. The third-order valence-electron chi connectivity index (χ3n) is 3.69. The average Bonchev–Trinajstić information content (AvgIpc) is 2.83. The van der Waals surface area contributed by atoms with Gasteiger partial charge < -0.3 is 5.32 Å². The van der Waals surface area contributed by atoms with Crippen molar-refractivity contribution >= 4 is 38.2 Å². The van der Waals surface area contributed by atoms with Gasteiger partial charge in [-0.2, -0.15) is 5.26 Å². The molecule has 2 aromatic rings. The van der Waals surface area contributed by atoms with Crippen molar-refractivity contribution < 1.29 is 9.18 Å². The minimum absolute atomic E-state index is 0.344. The SMILES string of the molecule is N#Cc1c(NC(=O)c2ccc(F)cc2Br)sc2c1CCCC2. The van der Waals surface area contributed by atoms with Crippen molar-refractivity contribution in [3.63, 3.8) is 0 Å². The van der Waals surface area contributed by atoms with Crippen LogP contribution in [0.3, 0.4) is 0 Å². The molecule has 1 amide bonds. The molecule has 3 nitrogen and oxygen atoms in total. The highest BCUT2D eigenvalue weighted by molar-refractivity contribution is 9.10. The average molecular weight is 379 g/mol. The fourth-order valence-electron chi connectivity index (χ4n) is 2.62. The van der Waals surface area contributed by atoms with Crippen molar-refractivity contribution in [1.29, 1.82) is 5.26 Å². The number of carbonyl (C=O) groups excluding carboxylic acids is 1. The number of aryl methyl sites for hydroxylation is 1. The van der Waals surface area contributed by atoms with Gasteiger partial charge >= 0.3 is 0 Å². The lowest BCUT2D eigenvalue weighted by Gasteiger charge is -2.09. The fraction of sp³-hybridized carbons (Fsp3) is 0.250. The zero-order chi connectivity index (χ0) is 15.7. The first-order valence-corrected chi connectivity index (χ1v) is 8.52. The number of thiophene rings is 1. The molecule has 6 heteroatoms. The molecule has 0 spiro atoms. The van der Waals surface area contributed by atoms with Crippen LogP contribution in [0.2, 0.25) is 0 Å². The van der Waals surface area contributed by atoms with Crippen LogP contribution >= 0.6 is 27.3 Å². The fourth-order valence-corrected chi connectivity index (χ4v) is 4.38. The minimum Gasteiger partial charge on any atom is -0.312 e. The Morgan fingerprint density at radius 3 is 2.86 bits per heavy atom. The predicted molar refractivity (Wildman–Crippen MR) is 87.7 cm³/mol. The molecule has 1 aliphatic carbocycles. The first kappa shape index (κ1) is 15.2.